The van der Waals surface area contributed by atoms with E-state index in [-0.39, 0.29) is 18.4 Å². The molecule has 0 aromatic heterocycles. The van der Waals surface area contributed by atoms with Crippen LogP contribution in [0.2, 0.25) is 5.02 Å². The Balaban J connectivity index is 1.65. The van der Waals surface area contributed by atoms with Crippen molar-refractivity contribution in [3.05, 3.63) is 88.9 Å². The summed E-state index contributed by atoms with van der Waals surface area (Å²) < 4.78 is 5.59. The number of nitrogens with one attached hydrogen (secondary N) is 2. The minimum atomic E-state index is -0.344. The van der Waals surface area contributed by atoms with E-state index in [9.17, 15) is 9.59 Å². The van der Waals surface area contributed by atoms with Crippen molar-refractivity contribution in [1.29, 1.82) is 0 Å². The number of aryl methyl sites for hydroxylation is 1. The fourth-order valence-corrected chi connectivity index (χ4v) is 2.73. The van der Waals surface area contributed by atoms with E-state index in [4.69, 9.17) is 16.3 Å². The summed E-state index contributed by atoms with van der Waals surface area (Å²) in [5, 5.41) is 6.10. The van der Waals surface area contributed by atoms with Crippen LogP contribution in [0.5, 0.6) is 5.75 Å². The first kappa shape index (κ1) is 19.5. The molecule has 0 aliphatic carbocycles. The van der Waals surface area contributed by atoms with E-state index >= 15 is 0 Å². The van der Waals surface area contributed by atoms with Crippen LogP contribution in [0.4, 0.5) is 11.4 Å². The predicted molar refractivity (Wildman–Crippen MR) is 111 cm³/mol. The van der Waals surface area contributed by atoms with E-state index in [1.54, 1.807) is 48.5 Å². The molecular weight excluding hydrogens is 376 g/mol. The van der Waals surface area contributed by atoms with Crippen molar-refractivity contribution in [3.8, 4) is 5.75 Å². The van der Waals surface area contributed by atoms with Crippen molar-refractivity contribution in [2.45, 2.75) is 6.92 Å². The third-order valence-corrected chi connectivity index (χ3v) is 4.23. The highest BCUT2D eigenvalue weighted by Gasteiger charge is 2.14. The molecule has 3 aromatic carbocycles. The Kier molecular flexibility index (Phi) is 6.29. The van der Waals surface area contributed by atoms with E-state index in [1.807, 2.05) is 31.2 Å². The van der Waals surface area contributed by atoms with Gasteiger partial charge in [0, 0.05) is 16.4 Å². The zero-order valence-electron chi connectivity index (χ0n) is 15.2. The smallest absolute Gasteiger partial charge is 0.262 e. The fourth-order valence-electron chi connectivity index (χ4n) is 2.56. The number of hydrogen-bond donors (Lipinski definition) is 2. The molecule has 0 aliphatic heterocycles. The maximum absolute atomic E-state index is 12.5. The first-order valence-electron chi connectivity index (χ1n) is 8.67. The normalized spacial score (nSPS) is 10.2. The number of amides is 2. The molecule has 0 unspecified atom stereocenters. The number of carbonyl (C=O) groups is 2. The average Bonchev–Trinajstić information content (AvgIpc) is 2.70. The SMILES string of the molecule is Cc1ccc(Cl)cc1NC(=O)COc1ccccc1C(=O)Nc1ccccc1. The third-order valence-electron chi connectivity index (χ3n) is 4.00. The topological polar surface area (TPSA) is 67.4 Å². The Hall–Kier alpha value is -3.31. The lowest BCUT2D eigenvalue weighted by atomic mass is 10.2. The lowest BCUT2D eigenvalue weighted by Gasteiger charge is -2.13. The van der Waals surface area contributed by atoms with Crippen molar-refractivity contribution < 1.29 is 14.3 Å². The first-order chi connectivity index (χ1) is 13.5. The van der Waals surface area contributed by atoms with Crippen molar-refractivity contribution in [2.24, 2.45) is 0 Å². The molecule has 3 rings (SSSR count). The number of carbonyl (C=O) groups excluding carboxylic acids is 2. The van der Waals surface area contributed by atoms with Crippen LogP contribution >= 0.6 is 11.6 Å². The van der Waals surface area contributed by atoms with Gasteiger partial charge in [-0.05, 0) is 48.9 Å². The summed E-state index contributed by atoms with van der Waals surface area (Å²) in [4.78, 5) is 24.8. The lowest BCUT2D eigenvalue weighted by Crippen LogP contribution is -2.22. The van der Waals surface area contributed by atoms with Gasteiger partial charge in [0.1, 0.15) is 5.75 Å². The Morgan fingerprint density at radius 2 is 1.64 bits per heavy atom. The second-order valence-electron chi connectivity index (χ2n) is 6.11. The molecule has 0 fully saturated rings. The maximum atomic E-state index is 12.5. The summed E-state index contributed by atoms with van der Waals surface area (Å²) in [7, 11) is 0. The molecule has 0 saturated heterocycles. The standard InChI is InChI=1S/C22H19ClN2O3/c1-15-11-12-16(23)13-19(15)25-21(26)14-28-20-10-6-5-9-18(20)22(27)24-17-7-3-2-4-8-17/h2-13H,14H2,1H3,(H,24,27)(H,25,26). The molecule has 0 spiro atoms. The highest BCUT2D eigenvalue weighted by molar-refractivity contribution is 6.31. The Morgan fingerprint density at radius 3 is 2.43 bits per heavy atom. The van der Waals surface area contributed by atoms with Crippen LogP contribution in [0.1, 0.15) is 15.9 Å². The highest BCUT2D eigenvalue weighted by atomic mass is 35.5. The third kappa shape index (κ3) is 5.11. The van der Waals surface area contributed by atoms with Crippen molar-refractivity contribution in [3.63, 3.8) is 0 Å². The van der Waals surface area contributed by atoms with Gasteiger partial charge in [-0.25, -0.2) is 0 Å². The number of anilines is 2. The van der Waals surface area contributed by atoms with Crippen LogP contribution in [-0.4, -0.2) is 18.4 Å². The van der Waals surface area contributed by atoms with Gasteiger partial charge in [-0.3, -0.25) is 9.59 Å². The van der Waals surface area contributed by atoms with E-state index in [0.717, 1.165) is 5.56 Å². The number of benzene rings is 3. The predicted octanol–water partition coefficient (Wildman–Crippen LogP) is 4.92. The summed E-state index contributed by atoms with van der Waals surface area (Å²) in [5.41, 5.74) is 2.53. The molecule has 2 N–H and O–H groups in total. The molecule has 0 heterocycles. The average molecular weight is 395 g/mol. The summed E-state index contributed by atoms with van der Waals surface area (Å²) in [5.74, 6) is -0.328. The van der Waals surface area contributed by atoms with Crippen LogP contribution in [-0.2, 0) is 4.79 Å². The quantitative estimate of drug-likeness (QED) is 0.623. The minimum Gasteiger partial charge on any atom is -0.483 e. The molecule has 28 heavy (non-hydrogen) atoms. The van der Waals surface area contributed by atoms with Gasteiger partial charge in [0.15, 0.2) is 6.61 Å². The summed E-state index contributed by atoms with van der Waals surface area (Å²) in [6, 6.07) is 21.2. The summed E-state index contributed by atoms with van der Waals surface area (Å²) >= 11 is 5.97. The van der Waals surface area contributed by atoms with Gasteiger partial charge < -0.3 is 15.4 Å². The fraction of sp³-hybridized carbons (Fsp3) is 0.0909. The van der Waals surface area contributed by atoms with E-state index in [2.05, 4.69) is 10.6 Å². The van der Waals surface area contributed by atoms with Crippen molar-refractivity contribution in [1.82, 2.24) is 0 Å². The van der Waals surface area contributed by atoms with Crippen molar-refractivity contribution in [2.75, 3.05) is 17.2 Å². The van der Waals surface area contributed by atoms with E-state index in [1.165, 1.54) is 0 Å². The van der Waals surface area contributed by atoms with E-state index < -0.39 is 0 Å². The van der Waals surface area contributed by atoms with Crippen LogP contribution in [0.25, 0.3) is 0 Å². The summed E-state index contributed by atoms with van der Waals surface area (Å²) in [6.45, 7) is 1.64. The largest absolute Gasteiger partial charge is 0.483 e. The molecule has 3 aromatic rings. The minimum absolute atomic E-state index is 0.235. The van der Waals surface area contributed by atoms with E-state index in [0.29, 0.717) is 27.7 Å². The zero-order valence-corrected chi connectivity index (χ0v) is 16.0. The van der Waals surface area contributed by atoms with Gasteiger partial charge in [0.25, 0.3) is 11.8 Å². The van der Waals surface area contributed by atoms with Gasteiger partial charge >= 0.3 is 0 Å². The second-order valence-corrected chi connectivity index (χ2v) is 6.55. The Labute approximate surface area is 168 Å². The van der Waals surface area contributed by atoms with Crippen LogP contribution in [0, 0.1) is 6.92 Å². The monoisotopic (exact) mass is 394 g/mol. The first-order valence-corrected chi connectivity index (χ1v) is 9.05. The molecule has 6 heteroatoms. The van der Waals surface area contributed by atoms with Gasteiger partial charge in [-0.15, -0.1) is 0 Å². The number of hydrogen-bond acceptors (Lipinski definition) is 3. The number of halogens is 1. The lowest BCUT2D eigenvalue weighted by molar-refractivity contribution is -0.118. The molecule has 0 bridgehead atoms. The Bertz CT molecular complexity index is 990. The molecule has 0 aliphatic rings. The highest BCUT2D eigenvalue weighted by Crippen LogP contribution is 2.22. The van der Waals surface area contributed by atoms with Gasteiger partial charge in [-0.1, -0.05) is 48.0 Å². The molecule has 142 valence electrons. The number of rotatable bonds is 6. The molecule has 5 nitrogen and oxygen atoms in total. The van der Waals surface area contributed by atoms with Crippen LogP contribution in [0.15, 0.2) is 72.8 Å². The maximum Gasteiger partial charge on any atom is 0.262 e. The van der Waals surface area contributed by atoms with Crippen molar-refractivity contribution >= 4 is 34.8 Å². The van der Waals surface area contributed by atoms with Crippen LogP contribution < -0.4 is 15.4 Å². The van der Waals surface area contributed by atoms with Gasteiger partial charge in [0.05, 0.1) is 5.56 Å². The van der Waals surface area contributed by atoms with Gasteiger partial charge in [-0.2, -0.15) is 0 Å². The molecule has 2 amide bonds. The molecule has 0 saturated carbocycles. The molecule has 0 radical (unpaired) electrons. The summed E-state index contributed by atoms with van der Waals surface area (Å²) in [6.07, 6.45) is 0. The number of ether oxygens (including phenoxy) is 1. The molecule has 0 atom stereocenters. The van der Waals surface area contributed by atoms with Gasteiger partial charge in [0.2, 0.25) is 0 Å². The molecular formula is C22H19ClN2O3. The van der Waals surface area contributed by atoms with Crippen LogP contribution in [0.3, 0.4) is 0 Å². The Morgan fingerprint density at radius 1 is 0.929 bits per heavy atom. The zero-order chi connectivity index (χ0) is 19.9. The second kappa shape index (κ2) is 9.06. The number of para-hydroxylation sites is 2.